The second-order valence-electron chi connectivity index (χ2n) is 3.47. The van der Waals surface area contributed by atoms with Gasteiger partial charge >= 0.3 is 5.69 Å². The zero-order chi connectivity index (χ0) is 10.9. The molecule has 78 valence electrons. The number of aliphatic hydroxyl groups excluding tert-OH is 1. The predicted molar refractivity (Wildman–Crippen MR) is 52.3 cm³/mol. The molecule has 0 saturated carbocycles. The molecule has 1 unspecified atom stereocenters. The molecular formula is C9H14N2O3. The van der Waals surface area contributed by atoms with Crippen molar-refractivity contribution < 1.29 is 5.11 Å². The SMILES string of the molecule is CC(O)Cc1cn(C)c(=O)n(C)c1=O. The number of aromatic nitrogens is 2. The minimum atomic E-state index is -0.583. The Kier molecular flexibility index (Phi) is 2.90. The lowest BCUT2D eigenvalue weighted by atomic mass is 10.2. The molecule has 0 saturated heterocycles. The Hall–Kier alpha value is -1.36. The van der Waals surface area contributed by atoms with Gasteiger partial charge in [-0.2, -0.15) is 0 Å². The third-order valence-corrected chi connectivity index (χ3v) is 2.03. The first kappa shape index (κ1) is 10.7. The third kappa shape index (κ3) is 1.93. The van der Waals surface area contributed by atoms with Gasteiger partial charge in [0, 0.05) is 32.3 Å². The summed E-state index contributed by atoms with van der Waals surface area (Å²) in [6.45, 7) is 1.60. The van der Waals surface area contributed by atoms with E-state index >= 15 is 0 Å². The molecule has 0 fully saturated rings. The normalized spacial score (nSPS) is 12.9. The molecule has 0 radical (unpaired) electrons. The van der Waals surface area contributed by atoms with Crippen LogP contribution in [0.3, 0.4) is 0 Å². The molecule has 1 rings (SSSR count). The lowest BCUT2D eigenvalue weighted by Crippen LogP contribution is -2.39. The monoisotopic (exact) mass is 198 g/mol. The molecule has 0 aromatic carbocycles. The van der Waals surface area contributed by atoms with Crippen LogP contribution in [0.5, 0.6) is 0 Å². The van der Waals surface area contributed by atoms with Crippen molar-refractivity contribution in [3.63, 3.8) is 0 Å². The smallest absolute Gasteiger partial charge is 0.330 e. The van der Waals surface area contributed by atoms with Crippen molar-refractivity contribution in [3.05, 3.63) is 32.6 Å². The van der Waals surface area contributed by atoms with Crippen molar-refractivity contribution in [2.75, 3.05) is 0 Å². The zero-order valence-corrected chi connectivity index (χ0v) is 8.52. The van der Waals surface area contributed by atoms with Crippen LogP contribution in [0, 0.1) is 0 Å². The van der Waals surface area contributed by atoms with Crippen molar-refractivity contribution >= 4 is 0 Å². The number of aliphatic hydroxyl groups is 1. The summed E-state index contributed by atoms with van der Waals surface area (Å²) in [4.78, 5) is 22.8. The standard InChI is InChI=1S/C9H14N2O3/c1-6(12)4-7-5-10(2)9(14)11(3)8(7)13/h5-6,12H,4H2,1-3H3. The van der Waals surface area contributed by atoms with Crippen molar-refractivity contribution in [1.82, 2.24) is 9.13 Å². The Labute approximate surface area is 81.2 Å². The summed E-state index contributed by atoms with van der Waals surface area (Å²) in [7, 11) is 3.00. The Morgan fingerprint density at radius 1 is 1.43 bits per heavy atom. The highest BCUT2D eigenvalue weighted by Crippen LogP contribution is 1.94. The number of nitrogens with zero attached hydrogens (tertiary/aromatic N) is 2. The summed E-state index contributed by atoms with van der Waals surface area (Å²) in [5, 5.41) is 9.15. The second-order valence-corrected chi connectivity index (χ2v) is 3.47. The van der Waals surface area contributed by atoms with Gasteiger partial charge in [-0.15, -0.1) is 0 Å². The van der Waals surface area contributed by atoms with Crippen LogP contribution in [0.1, 0.15) is 12.5 Å². The van der Waals surface area contributed by atoms with Gasteiger partial charge in [-0.25, -0.2) is 4.79 Å². The molecule has 0 aliphatic rings. The van der Waals surface area contributed by atoms with Crippen LogP contribution in [0.4, 0.5) is 0 Å². The molecule has 1 aromatic rings. The van der Waals surface area contributed by atoms with Crippen LogP contribution >= 0.6 is 0 Å². The van der Waals surface area contributed by atoms with Crippen LogP contribution < -0.4 is 11.2 Å². The van der Waals surface area contributed by atoms with Crippen LogP contribution in [0.25, 0.3) is 0 Å². The maximum Gasteiger partial charge on any atom is 0.330 e. The summed E-state index contributed by atoms with van der Waals surface area (Å²) < 4.78 is 2.37. The molecule has 0 aliphatic carbocycles. The van der Waals surface area contributed by atoms with E-state index in [0.29, 0.717) is 5.56 Å². The molecular weight excluding hydrogens is 184 g/mol. The molecule has 14 heavy (non-hydrogen) atoms. The van der Waals surface area contributed by atoms with E-state index in [2.05, 4.69) is 0 Å². The molecule has 0 bridgehead atoms. The van der Waals surface area contributed by atoms with Gasteiger partial charge in [0.25, 0.3) is 5.56 Å². The fourth-order valence-corrected chi connectivity index (χ4v) is 1.34. The van der Waals surface area contributed by atoms with Gasteiger partial charge in [0.1, 0.15) is 0 Å². The minimum Gasteiger partial charge on any atom is -0.393 e. The number of hydrogen-bond donors (Lipinski definition) is 1. The topological polar surface area (TPSA) is 64.2 Å². The molecule has 5 heteroatoms. The molecule has 0 amide bonds. The highest BCUT2D eigenvalue weighted by molar-refractivity contribution is 5.06. The minimum absolute atomic E-state index is 0.265. The summed E-state index contributed by atoms with van der Waals surface area (Å²) in [6.07, 6.45) is 1.15. The quantitative estimate of drug-likeness (QED) is 0.663. The first-order chi connectivity index (χ1) is 6.43. The van der Waals surface area contributed by atoms with E-state index in [9.17, 15) is 9.59 Å². The lowest BCUT2D eigenvalue weighted by molar-refractivity contribution is 0.194. The fourth-order valence-electron chi connectivity index (χ4n) is 1.34. The van der Waals surface area contributed by atoms with Crippen LogP contribution in [0.15, 0.2) is 15.8 Å². The van der Waals surface area contributed by atoms with E-state index in [1.54, 1.807) is 14.0 Å². The van der Waals surface area contributed by atoms with E-state index in [-0.39, 0.29) is 17.7 Å². The summed E-state index contributed by atoms with van der Waals surface area (Å²) >= 11 is 0. The molecule has 1 heterocycles. The number of aryl methyl sites for hydroxylation is 1. The van der Waals surface area contributed by atoms with Crippen molar-refractivity contribution in [2.45, 2.75) is 19.4 Å². The Balaban J connectivity index is 3.34. The Bertz CT molecular complexity index is 442. The molecule has 1 atom stereocenters. The van der Waals surface area contributed by atoms with Gasteiger partial charge < -0.3 is 9.67 Å². The number of rotatable bonds is 2. The van der Waals surface area contributed by atoms with Gasteiger partial charge in [-0.3, -0.25) is 9.36 Å². The summed E-state index contributed by atoms with van der Waals surface area (Å²) in [6, 6.07) is 0. The molecule has 0 aliphatic heterocycles. The molecule has 1 aromatic heterocycles. The first-order valence-corrected chi connectivity index (χ1v) is 4.37. The second kappa shape index (κ2) is 3.79. The van der Waals surface area contributed by atoms with E-state index in [0.717, 1.165) is 4.57 Å². The summed E-state index contributed by atoms with van der Waals surface area (Å²) in [5.41, 5.74) is -0.247. The van der Waals surface area contributed by atoms with Gasteiger partial charge in [0.2, 0.25) is 0 Å². The first-order valence-electron chi connectivity index (χ1n) is 4.37. The number of hydrogen-bond acceptors (Lipinski definition) is 3. The van der Waals surface area contributed by atoms with Crippen LogP contribution in [-0.2, 0) is 20.5 Å². The van der Waals surface area contributed by atoms with Crippen LogP contribution in [0.2, 0.25) is 0 Å². The maximum absolute atomic E-state index is 11.5. The maximum atomic E-state index is 11.5. The van der Waals surface area contributed by atoms with Crippen molar-refractivity contribution in [3.8, 4) is 0 Å². The van der Waals surface area contributed by atoms with E-state index in [1.807, 2.05) is 0 Å². The van der Waals surface area contributed by atoms with Crippen LogP contribution in [-0.4, -0.2) is 20.3 Å². The molecule has 5 nitrogen and oxygen atoms in total. The van der Waals surface area contributed by atoms with Gasteiger partial charge in [-0.05, 0) is 6.92 Å². The third-order valence-electron chi connectivity index (χ3n) is 2.03. The molecule has 1 N–H and O–H groups in total. The van der Waals surface area contributed by atoms with Gasteiger partial charge in [0.05, 0.1) is 6.10 Å². The largest absolute Gasteiger partial charge is 0.393 e. The lowest BCUT2D eigenvalue weighted by Gasteiger charge is -2.07. The summed E-state index contributed by atoms with van der Waals surface area (Å²) in [5.74, 6) is 0. The molecule has 0 spiro atoms. The van der Waals surface area contributed by atoms with E-state index in [1.165, 1.54) is 17.8 Å². The Morgan fingerprint density at radius 2 is 2.00 bits per heavy atom. The van der Waals surface area contributed by atoms with Gasteiger partial charge in [-0.1, -0.05) is 0 Å². The highest BCUT2D eigenvalue weighted by Gasteiger charge is 2.08. The average molecular weight is 198 g/mol. The van der Waals surface area contributed by atoms with E-state index in [4.69, 9.17) is 5.11 Å². The highest BCUT2D eigenvalue weighted by atomic mass is 16.3. The fraction of sp³-hybridized carbons (Fsp3) is 0.556. The van der Waals surface area contributed by atoms with Gasteiger partial charge in [0.15, 0.2) is 0 Å². The average Bonchev–Trinajstić information content (AvgIpc) is 2.10. The Morgan fingerprint density at radius 3 is 2.50 bits per heavy atom. The van der Waals surface area contributed by atoms with Crippen molar-refractivity contribution in [1.29, 1.82) is 0 Å². The van der Waals surface area contributed by atoms with E-state index < -0.39 is 6.10 Å². The van der Waals surface area contributed by atoms with Crippen molar-refractivity contribution in [2.24, 2.45) is 14.1 Å². The zero-order valence-electron chi connectivity index (χ0n) is 8.52. The predicted octanol–water partition coefficient (Wildman–Crippen LogP) is -0.993.